The predicted octanol–water partition coefficient (Wildman–Crippen LogP) is 1.58. The standard InChI is InChI=1S/C12H22BrN5S/c1-4-18-11(10(13)8-16-18)9-15-12(19)14-6-5-7-17(2)3/h8H,4-7,9H2,1-3H3,(H2,14,15,19). The molecule has 19 heavy (non-hydrogen) atoms. The van der Waals surface area contributed by atoms with Crippen LogP contribution in [-0.2, 0) is 13.1 Å². The molecule has 2 N–H and O–H groups in total. The highest BCUT2D eigenvalue weighted by molar-refractivity contribution is 9.10. The Bertz CT molecular complexity index is 405. The molecule has 1 rings (SSSR count). The van der Waals surface area contributed by atoms with E-state index >= 15 is 0 Å². The molecule has 0 saturated carbocycles. The summed E-state index contributed by atoms with van der Waals surface area (Å²) in [6, 6.07) is 0. The third kappa shape index (κ3) is 5.88. The Morgan fingerprint density at radius 3 is 2.84 bits per heavy atom. The summed E-state index contributed by atoms with van der Waals surface area (Å²) in [6.45, 7) is 5.54. The molecule has 0 aliphatic rings. The van der Waals surface area contributed by atoms with Crippen molar-refractivity contribution in [2.24, 2.45) is 0 Å². The number of nitrogens with one attached hydrogen (secondary N) is 2. The smallest absolute Gasteiger partial charge is 0.166 e. The molecule has 0 aliphatic heterocycles. The number of rotatable bonds is 7. The monoisotopic (exact) mass is 347 g/mol. The molecule has 0 amide bonds. The van der Waals surface area contributed by atoms with E-state index in [1.807, 2.05) is 10.9 Å². The van der Waals surface area contributed by atoms with Crippen LogP contribution in [0.25, 0.3) is 0 Å². The highest BCUT2D eigenvalue weighted by atomic mass is 79.9. The van der Waals surface area contributed by atoms with Crippen molar-refractivity contribution in [1.82, 2.24) is 25.3 Å². The number of hydrogen-bond acceptors (Lipinski definition) is 3. The molecule has 1 aromatic rings. The van der Waals surface area contributed by atoms with E-state index in [4.69, 9.17) is 12.2 Å². The Balaban J connectivity index is 2.28. The van der Waals surface area contributed by atoms with Crippen molar-refractivity contribution < 1.29 is 0 Å². The number of hydrogen-bond donors (Lipinski definition) is 2. The molecule has 0 aromatic carbocycles. The summed E-state index contributed by atoms with van der Waals surface area (Å²) in [4.78, 5) is 2.16. The molecule has 108 valence electrons. The van der Waals surface area contributed by atoms with Crippen LogP contribution >= 0.6 is 28.1 Å². The summed E-state index contributed by atoms with van der Waals surface area (Å²) in [5.74, 6) is 0. The maximum Gasteiger partial charge on any atom is 0.166 e. The van der Waals surface area contributed by atoms with Crippen LogP contribution in [0.1, 0.15) is 19.0 Å². The minimum absolute atomic E-state index is 0.675. The Kier molecular flexibility index (Phi) is 7.33. The molecule has 0 aliphatic carbocycles. The second-order valence-corrected chi connectivity index (χ2v) is 5.78. The van der Waals surface area contributed by atoms with E-state index in [2.05, 4.69) is 57.6 Å². The molecular formula is C12H22BrN5S. The van der Waals surface area contributed by atoms with E-state index in [1.54, 1.807) is 0 Å². The van der Waals surface area contributed by atoms with Crippen molar-refractivity contribution >= 4 is 33.3 Å². The molecule has 0 bridgehead atoms. The van der Waals surface area contributed by atoms with Crippen molar-refractivity contribution in [2.75, 3.05) is 27.2 Å². The van der Waals surface area contributed by atoms with Crippen LogP contribution in [0.4, 0.5) is 0 Å². The van der Waals surface area contributed by atoms with Gasteiger partial charge in [-0.2, -0.15) is 5.10 Å². The fourth-order valence-corrected chi connectivity index (χ4v) is 2.27. The zero-order valence-electron chi connectivity index (χ0n) is 11.7. The first-order valence-electron chi connectivity index (χ1n) is 6.41. The number of aromatic nitrogens is 2. The number of thiocarbonyl (C=S) groups is 1. The molecule has 0 radical (unpaired) electrons. The highest BCUT2D eigenvalue weighted by Gasteiger charge is 2.07. The molecular weight excluding hydrogens is 326 g/mol. The lowest BCUT2D eigenvalue weighted by atomic mass is 10.4. The SMILES string of the molecule is CCn1ncc(Br)c1CNC(=S)NCCCN(C)C. The molecule has 1 aromatic heterocycles. The van der Waals surface area contributed by atoms with Crippen LogP contribution in [0.5, 0.6) is 0 Å². The van der Waals surface area contributed by atoms with Gasteiger partial charge in [-0.05, 0) is 62.1 Å². The average Bonchev–Trinajstić information content (AvgIpc) is 2.72. The summed E-state index contributed by atoms with van der Waals surface area (Å²) in [6.07, 6.45) is 2.89. The van der Waals surface area contributed by atoms with E-state index in [0.29, 0.717) is 11.7 Å². The van der Waals surface area contributed by atoms with Crippen LogP contribution in [0.2, 0.25) is 0 Å². The molecule has 0 saturated heterocycles. The van der Waals surface area contributed by atoms with Gasteiger partial charge >= 0.3 is 0 Å². The Morgan fingerprint density at radius 1 is 1.47 bits per heavy atom. The van der Waals surface area contributed by atoms with Gasteiger partial charge in [-0.25, -0.2) is 0 Å². The fraction of sp³-hybridized carbons (Fsp3) is 0.667. The molecule has 0 atom stereocenters. The van der Waals surface area contributed by atoms with Crippen LogP contribution in [0.3, 0.4) is 0 Å². The van der Waals surface area contributed by atoms with Crippen LogP contribution in [0.15, 0.2) is 10.7 Å². The number of aryl methyl sites for hydroxylation is 1. The second-order valence-electron chi connectivity index (χ2n) is 4.52. The second kappa shape index (κ2) is 8.50. The van der Waals surface area contributed by atoms with Crippen molar-refractivity contribution in [3.63, 3.8) is 0 Å². The quantitative estimate of drug-likeness (QED) is 0.579. The third-order valence-corrected chi connectivity index (χ3v) is 3.63. The van der Waals surface area contributed by atoms with Gasteiger partial charge in [0.1, 0.15) is 0 Å². The minimum atomic E-state index is 0.675. The first kappa shape index (κ1) is 16.4. The van der Waals surface area contributed by atoms with Crippen LogP contribution in [0, 0.1) is 0 Å². The number of nitrogens with zero attached hydrogens (tertiary/aromatic N) is 3. The Hall–Kier alpha value is -0.660. The van der Waals surface area contributed by atoms with E-state index in [1.165, 1.54) is 0 Å². The summed E-state index contributed by atoms with van der Waals surface area (Å²) in [5.41, 5.74) is 1.11. The van der Waals surface area contributed by atoms with Crippen LogP contribution in [-0.4, -0.2) is 47.0 Å². The van der Waals surface area contributed by atoms with Gasteiger partial charge in [0.2, 0.25) is 0 Å². The van der Waals surface area contributed by atoms with Crippen molar-refractivity contribution in [3.05, 3.63) is 16.4 Å². The molecule has 1 heterocycles. The number of halogens is 1. The zero-order chi connectivity index (χ0) is 14.3. The minimum Gasteiger partial charge on any atom is -0.363 e. The van der Waals surface area contributed by atoms with Gasteiger partial charge in [0.25, 0.3) is 0 Å². The van der Waals surface area contributed by atoms with Gasteiger partial charge in [0.05, 0.1) is 22.9 Å². The van der Waals surface area contributed by atoms with E-state index < -0.39 is 0 Å². The maximum absolute atomic E-state index is 5.25. The zero-order valence-corrected chi connectivity index (χ0v) is 14.1. The molecule has 0 fully saturated rings. The first-order chi connectivity index (χ1) is 9.04. The lowest BCUT2D eigenvalue weighted by Gasteiger charge is -2.13. The lowest BCUT2D eigenvalue weighted by molar-refractivity contribution is 0.400. The highest BCUT2D eigenvalue weighted by Crippen LogP contribution is 2.15. The van der Waals surface area contributed by atoms with Crippen LogP contribution < -0.4 is 10.6 Å². The van der Waals surface area contributed by atoms with Gasteiger partial charge < -0.3 is 15.5 Å². The van der Waals surface area contributed by atoms with Gasteiger partial charge in [0.15, 0.2) is 5.11 Å². The van der Waals surface area contributed by atoms with Crippen molar-refractivity contribution in [3.8, 4) is 0 Å². The largest absolute Gasteiger partial charge is 0.363 e. The summed E-state index contributed by atoms with van der Waals surface area (Å²) >= 11 is 8.74. The van der Waals surface area contributed by atoms with Gasteiger partial charge in [-0.3, -0.25) is 4.68 Å². The van der Waals surface area contributed by atoms with Gasteiger partial charge in [-0.15, -0.1) is 0 Å². The molecule has 7 heteroatoms. The van der Waals surface area contributed by atoms with Gasteiger partial charge in [-0.1, -0.05) is 0 Å². The summed E-state index contributed by atoms with van der Waals surface area (Å²) in [5, 5.41) is 11.4. The van der Waals surface area contributed by atoms with Crippen molar-refractivity contribution in [1.29, 1.82) is 0 Å². The first-order valence-corrected chi connectivity index (χ1v) is 7.61. The van der Waals surface area contributed by atoms with Crippen molar-refractivity contribution in [2.45, 2.75) is 26.4 Å². The Labute approximate surface area is 128 Å². The molecule has 0 unspecified atom stereocenters. The summed E-state index contributed by atoms with van der Waals surface area (Å²) in [7, 11) is 4.14. The fourth-order valence-electron chi connectivity index (χ4n) is 1.66. The summed E-state index contributed by atoms with van der Waals surface area (Å²) < 4.78 is 2.96. The molecule has 0 spiro atoms. The Morgan fingerprint density at radius 2 is 2.21 bits per heavy atom. The third-order valence-electron chi connectivity index (χ3n) is 2.68. The maximum atomic E-state index is 5.25. The lowest BCUT2D eigenvalue weighted by Crippen LogP contribution is -2.36. The van der Waals surface area contributed by atoms with E-state index in [9.17, 15) is 0 Å². The average molecular weight is 348 g/mol. The molecule has 5 nitrogen and oxygen atoms in total. The topological polar surface area (TPSA) is 45.1 Å². The van der Waals surface area contributed by atoms with Gasteiger partial charge in [0, 0.05) is 13.1 Å². The predicted molar refractivity (Wildman–Crippen MR) is 86.2 cm³/mol. The normalized spacial score (nSPS) is 10.8. The van der Waals surface area contributed by atoms with E-state index in [0.717, 1.165) is 36.2 Å². The van der Waals surface area contributed by atoms with E-state index in [-0.39, 0.29) is 0 Å².